The summed E-state index contributed by atoms with van der Waals surface area (Å²) < 4.78 is 0. The number of rotatable bonds is 3. The van der Waals surface area contributed by atoms with Crippen molar-refractivity contribution in [3.8, 4) is 0 Å². The number of hydrogen-bond donors (Lipinski definition) is 1. The highest BCUT2D eigenvalue weighted by Gasteiger charge is 2.19. The van der Waals surface area contributed by atoms with Gasteiger partial charge in [0.15, 0.2) is 0 Å². The summed E-state index contributed by atoms with van der Waals surface area (Å²) in [5.41, 5.74) is 0. The highest BCUT2D eigenvalue weighted by atomic mass is 15.2. The van der Waals surface area contributed by atoms with Gasteiger partial charge in [0.25, 0.3) is 0 Å². The molecule has 2 atom stereocenters. The molecule has 0 aromatic heterocycles. The average molecular weight is 222 g/mol. The van der Waals surface area contributed by atoms with Crippen molar-refractivity contribution in [3.05, 3.63) is 12.2 Å². The Morgan fingerprint density at radius 1 is 1.38 bits per heavy atom. The predicted octanol–water partition coefficient (Wildman–Crippen LogP) is 2.42. The first kappa shape index (κ1) is 12.1. The minimum atomic E-state index is 0.724. The molecular weight excluding hydrogens is 196 g/mol. The van der Waals surface area contributed by atoms with Crippen molar-refractivity contribution in [1.82, 2.24) is 10.2 Å². The van der Waals surface area contributed by atoms with Gasteiger partial charge in [-0.2, -0.15) is 0 Å². The molecule has 1 N–H and O–H groups in total. The molecule has 2 aliphatic rings. The van der Waals surface area contributed by atoms with Crippen molar-refractivity contribution in [2.24, 2.45) is 5.92 Å². The van der Waals surface area contributed by atoms with Gasteiger partial charge in [0.2, 0.25) is 0 Å². The van der Waals surface area contributed by atoms with Crippen LogP contribution in [-0.2, 0) is 0 Å². The molecule has 1 saturated heterocycles. The van der Waals surface area contributed by atoms with Crippen LogP contribution < -0.4 is 5.32 Å². The fourth-order valence-electron chi connectivity index (χ4n) is 2.90. The summed E-state index contributed by atoms with van der Waals surface area (Å²) >= 11 is 0. The Bertz CT molecular complexity index is 225. The minimum absolute atomic E-state index is 0.724. The lowest BCUT2D eigenvalue weighted by Gasteiger charge is -2.28. The highest BCUT2D eigenvalue weighted by molar-refractivity contribution is 4.91. The molecule has 2 heteroatoms. The quantitative estimate of drug-likeness (QED) is 0.738. The average Bonchev–Trinajstić information content (AvgIpc) is 2.55. The molecule has 2 nitrogen and oxygen atoms in total. The molecule has 0 amide bonds. The number of hydrogen-bond acceptors (Lipinski definition) is 2. The molecule has 1 heterocycles. The van der Waals surface area contributed by atoms with Gasteiger partial charge in [-0.05, 0) is 51.1 Å². The maximum absolute atomic E-state index is 3.64. The normalized spacial score (nSPS) is 32.6. The van der Waals surface area contributed by atoms with Crippen LogP contribution in [0.3, 0.4) is 0 Å². The minimum Gasteiger partial charge on any atom is -0.313 e. The lowest BCUT2D eigenvalue weighted by Crippen LogP contribution is -2.39. The first-order chi connectivity index (χ1) is 7.88. The summed E-state index contributed by atoms with van der Waals surface area (Å²) in [4.78, 5) is 2.69. The van der Waals surface area contributed by atoms with Gasteiger partial charge >= 0.3 is 0 Å². The third kappa shape index (κ3) is 3.60. The van der Waals surface area contributed by atoms with Crippen molar-refractivity contribution in [1.29, 1.82) is 0 Å². The van der Waals surface area contributed by atoms with Crippen LogP contribution in [0, 0.1) is 5.92 Å². The molecule has 0 spiro atoms. The third-order valence-electron chi connectivity index (χ3n) is 3.95. The lowest BCUT2D eigenvalue weighted by molar-refractivity contribution is 0.217. The van der Waals surface area contributed by atoms with Crippen molar-refractivity contribution >= 4 is 0 Å². The second-order valence-corrected chi connectivity index (χ2v) is 5.32. The number of nitrogens with zero attached hydrogens (tertiary/aromatic N) is 1. The number of nitrogens with one attached hydrogen (secondary N) is 1. The Balaban J connectivity index is 1.80. The zero-order valence-electron chi connectivity index (χ0n) is 10.6. The molecule has 0 aromatic rings. The van der Waals surface area contributed by atoms with Crippen molar-refractivity contribution in [2.75, 3.05) is 26.2 Å². The van der Waals surface area contributed by atoms with E-state index in [1.807, 2.05) is 0 Å². The van der Waals surface area contributed by atoms with Gasteiger partial charge in [0.1, 0.15) is 0 Å². The molecule has 1 aliphatic carbocycles. The van der Waals surface area contributed by atoms with E-state index in [0.717, 1.165) is 12.0 Å². The van der Waals surface area contributed by atoms with Gasteiger partial charge in [-0.25, -0.2) is 0 Å². The largest absolute Gasteiger partial charge is 0.313 e. The lowest BCUT2D eigenvalue weighted by atomic mass is 9.94. The molecule has 0 aromatic carbocycles. The van der Waals surface area contributed by atoms with Gasteiger partial charge in [0.05, 0.1) is 0 Å². The van der Waals surface area contributed by atoms with E-state index in [4.69, 9.17) is 0 Å². The van der Waals surface area contributed by atoms with Crippen LogP contribution in [0.4, 0.5) is 0 Å². The van der Waals surface area contributed by atoms with E-state index in [-0.39, 0.29) is 0 Å². The van der Waals surface area contributed by atoms with Crippen LogP contribution in [0.5, 0.6) is 0 Å². The van der Waals surface area contributed by atoms with Gasteiger partial charge in [-0.15, -0.1) is 0 Å². The zero-order chi connectivity index (χ0) is 11.2. The van der Waals surface area contributed by atoms with E-state index in [1.54, 1.807) is 0 Å². The molecule has 92 valence electrons. The predicted molar refractivity (Wildman–Crippen MR) is 69.6 cm³/mol. The molecular formula is C14H26N2. The van der Waals surface area contributed by atoms with Crippen molar-refractivity contribution < 1.29 is 0 Å². The van der Waals surface area contributed by atoms with Crippen LogP contribution in [0.2, 0.25) is 0 Å². The Hall–Kier alpha value is -0.340. The molecule has 0 bridgehead atoms. The molecule has 1 aliphatic heterocycles. The summed E-state index contributed by atoms with van der Waals surface area (Å²) in [5.74, 6) is 0.917. The van der Waals surface area contributed by atoms with E-state index in [2.05, 4.69) is 29.3 Å². The van der Waals surface area contributed by atoms with E-state index in [0.29, 0.717) is 0 Å². The zero-order valence-corrected chi connectivity index (χ0v) is 10.6. The summed E-state index contributed by atoms with van der Waals surface area (Å²) in [6.45, 7) is 7.38. The van der Waals surface area contributed by atoms with Gasteiger partial charge in [-0.3, -0.25) is 0 Å². The Kier molecular flexibility index (Phi) is 4.86. The van der Waals surface area contributed by atoms with Crippen molar-refractivity contribution in [3.63, 3.8) is 0 Å². The summed E-state index contributed by atoms with van der Waals surface area (Å²) in [7, 11) is 0. The van der Waals surface area contributed by atoms with Crippen LogP contribution in [0.15, 0.2) is 12.2 Å². The maximum atomic E-state index is 3.64. The summed E-state index contributed by atoms with van der Waals surface area (Å²) in [6, 6.07) is 0.724. The molecule has 0 radical (unpaired) electrons. The molecule has 2 rings (SSSR count). The first-order valence-electron chi connectivity index (χ1n) is 6.99. The fourth-order valence-corrected chi connectivity index (χ4v) is 2.90. The van der Waals surface area contributed by atoms with Gasteiger partial charge in [0, 0.05) is 19.1 Å². The van der Waals surface area contributed by atoms with E-state index >= 15 is 0 Å². The Labute approximate surface area is 100 Å². The van der Waals surface area contributed by atoms with Crippen molar-refractivity contribution in [2.45, 2.75) is 45.1 Å². The van der Waals surface area contributed by atoms with E-state index in [1.165, 1.54) is 58.3 Å². The fraction of sp³-hybridized carbons (Fsp3) is 0.857. The van der Waals surface area contributed by atoms with Gasteiger partial charge < -0.3 is 10.2 Å². The first-order valence-corrected chi connectivity index (χ1v) is 6.99. The Morgan fingerprint density at radius 3 is 3.06 bits per heavy atom. The standard InChI is InChI=1S/C14H26N2/c1-2-14-12-16(10-6-9-15-14)11-13-7-4-3-5-8-13/h3-4,13-15H,2,5-12H2,1H3. The van der Waals surface area contributed by atoms with Crippen LogP contribution >= 0.6 is 0 Å². The summed E-state index contributed by atoms with van der Waals surface area (Å²) in [6.07, 6.45) is 11.3. The van der Waals surface area contributed by atoms with Crippen LogP contribution in [0.1, 0.15) is 39.0 Å². The molecule has 0 saturated carbocycles. The molecule has 1 fully saturated rings. The third-order valence-corrected chi connectivity index (χ3v) is 3.95. The second-order valence-electron chi connectivity index (χ2n) is 5.32. The Morgan fingerprint density at radius 2 is 2.31 bits per heavy atom. The number of allylic oxidation sites excluding steroid dienone is 2. The van der Waals surface area contributed by atoms with E-state index < -0.39 is 0 Å². The highest BCUT2D eigenvalue weighted by Crippen LogP contribution is 2.20. The smallest absolute Gasteiger partial charge is 0.0192 e. The monoisotopic (exact) mass is 222 g/mol. The summed E-state index contributed by atoms with van der Waals surface area (Å²) in [5, 5.41) is 3.64. The molecule has 2 unspecified atom stereocenters. The SMILES string of the molecule is CCC1CN(CC2CC=CCC2)CCCN1. The van der Waals surface area contributed by atoms with E-state index in [9.17, 15) is 0 Å². The second kappa shape index (κ2) is 6.41. The topological polar surface area (TPSA) is 15.3 Å². The molecule has 16 heavy (non-hydrogen) atoms. The van der Waals surface area contributed by atoms with Crippen LogP contribution in [0.25, 0.3) is 0 Å². The van der Waals surface area contributed by atoms with Crippen LogP contribution in [-0.4, -0.2) is 37.1 Å². The van der Waals surface area contributed by atoms with Gasteiger partial charge in [-0.1, -0.05) is 19.1 Å². The maximum Gasteiger partial charge on any atom is 0.0192 e.